The molecule has 0 saturated heterocycles. The minimum absolute atomic E-state index is 0.0150. The topological polar surface area (TPSA) is 162 Å². The first-order chi connectivity index (χ1) is 15.2. The Bertz CT molecular complexity index is 1370. The van der Waals surface area contributed by atoms with E-state index in [1.807, 2.05) is 4.98 Å². The van der Waals surface area contributed by atoms with Crippen LogP contribution in [0.2, 0.25) is 10.0 Å². The SMILES string of the molecule is NC(=O)Oc1nn(-c2cc(Cl)c(Oc3c[nH]c(=O)c(C4CCC4)c3)c(Cl)c2)c(=O)[nH]c1=O. The van der Waals surface area contributed by atoms with Crippen LogP contribution in [-0.4, -0.2) is 25.8 Å². The van der Waals surface area contributed by atoms with Crippen molar-refractivity contribution < 1.29 is 14.3 Å². The summed E-state index contributed by atoms with van der Waals surface area (Å²) < 4.78 is 11.0. The molecule has 166 valence electrons. The molecule has 0 unspecified atom stereocenters. The zero-order valence-electron chi connectivity index (χ0n) is 16.2. The van der Waals surface area contributed by atoms with E-state index in [4.69, 9.17) is 33.7 Å². The summed E-state index contributed by atoms with van der Waals surface area (Å²) in [6.07, 6.45) is 3.05. The van der Waals surface area contributed by atoms with Gasteiger partial charge in [0.05, 0.1) is 15.7 Å². The van der Waals surface area contributed by atoms with Gasteiger partial charge in [0.2, 0.25) is 0 Å². The Balaban J connectivity index is 1.69. The molecule has 13 heteroatoms. The highest BCUT2D eigenvalue weighted by atomic mass is 35.5. The summed E-state index contributed by atoms with van der Waals surface area (Å²) in [5.74, 6) is -0.138. The molecule has 32 heavy (non-hydrogen) atoms. The van der Waals surface area contributed by atoms with Gasteiger partial charge >= 0.3 is 23.2 Å². The minimum Gasteiger partial charge on any atom is -0.453 e. The molecule has 0 spiro atoms. The maximum absolute atomic E-state index is 12.2. The minimum atomic E-state index is -1.28. The van der Waals surface area contributed by atoms with Crippen LogP contribution in [0.1, 0.15) is 30.7 Å². The molecule has 1 aliphatic rings. The van der Waals surface area contributed by atoms with Gasteiger partial charge in [0, 0.05) is 11.8 Å². The Hall–Kier alpha value is -3.57. The van der Waals surface area contributed by atoms with Crippen molar-refractivity contribution in [3.8, 4) is 23.1 Å². The highest BCUT2D eigenvalue weighted by Crippen LogP contribution is 2.39. The maximum atomic E-state index is 12.2. The van der Waals surface area contributed by atoms with Crippen molar-refractivity contribution in [3.05, 3.63) is 71.2 Å². The lowest BCUT2D eigenvalue weighted by Gasteiger charge is -2.25. The lowest BCUT2D eigenvalue weighted by molar-refractivity contribution is 0.207. The Labute approximate surface area is 188 Å². The standard InChI is InChI=1S/C19H15Cl2N5O6/c20-12-4-9(26-19(30)24-16(28)17(25-26)32-18(22)29)5-13(21)14(12)31-10-6-11(8-2-1-3-8)15(27)23-7-10/h4-8H,1-3H2,(H2,22,29)(H,23,27)(H,24,28,30). The fourth-order valence-corrected chi connectivity index (χ4v) is 3.72. The summed E-state index contributed by atoms with van der Waals surface area (Å²) in [4.78, 5) is 51.5. The van der Waals surface area contributed by atoms with Gasteiger partial charge in [-0.05, 0) is 37.0 Å². The quantitative estimate of drug-likeness (QED) is 0.505. The molecule has 1 saturated carbocycles. The molecular formula is C19H15Cl2N5O6. The van der Waals surface area contributed by atoms with Crippen molar-refractivity contribution in [2.75, 3.05) is 0 Å². The lowest BCUT2D eigenvalue weighted by atomic mass is 9.80. The van der Waals surface area contributed by atoms with Crippen LogP contribution in [-0.2, 0) is 0 Å². The van der Waals surface area contributed by atoms with Crippen molar-refractivity contribution in [1.29, 1.82) is 0 Å². The van der Waals surface area contributed by atoms with Crippen LogP contribution >= 0.6 is 23.2 Å². The van der Waals surface area contributed by atoms with E-state index < -0.39 is 23.2 Å². The third-order valence-electron chi connectivity index (χ3n) is 4.89. The molecule has 4 N–H and O–H groups in total. The Morgan fingerprint density at radius 3 is 2.41 bits per heavy atom. The highest BCUT2D eigenvalue weighted by molar-refractivity contribution is 6.37. The number of aromatic amines is 2. The average Bonchev–Trinajstić information content (AvgIpc) is 2.67. The molecule has 4 rings (SSSR count). The van der Waals surface area contributed by atoms with Crippen LogP contribution in [0, 0.1) is 0 Å². The third-order valence-corrected chi connectivity index (χ3v) is 5.45. The van der Waals surface area contributed by atoms with Crippen LogP contribution in [0.5, 0.6) is 17.4 Å². The van der Waals surface area contributed by atoms with Crippen molar-refractivity contribution >= 4 is 29.3 Å². The number of hydrogen-bond donors (Lipinski definition) is 3. The van der Waals surface area contributed by atoms with Crippen LogP contribution < -0.4 is 32.0 Å². The van der Waals surface area contributed by atoms with Gasteiger partial charge in [0.25, 0.3) is 5.56 Å². The zero-order chi connectivity index (χ0) is 23.0. The first-order valence-electron chi connectivity index (χ1n) is 9.34. The number of benzene rings is 1. The number of carbonyl (C=O) groups is 1. The fourth-order valence-electron chi connectivity index (χ4n) is 3.17. The largest absolute Gasteiger partial charge is 0.453 e. The van der Waals surface area contributed by atoms with E-state index >= 15 is 0 Å². The van der Waals surface area contributed by atoms with Gasteiger partial charge < -0.3 is 20.2 Å². The van der Waals surface area contributed by atoms with Crippen molar-refractivity contribution in [1.82, 2.24) is 19.7 Å². The van der Waals surface area contributed by atoms with Gasteiger partial charge in [0.15, 0.2) is 5.75 Å². The molecule has 1 aliphatic carbocycles. The van der Waals surface area contributed by atoms with Crippen molar-refractivity contribution in [3.63, 3.8) is 0 Å². The summed E-state index contributed by atoms with van der Waals surface area (Å²) >= 11 is 12.6. The molecule has 11 nitrogen and oxygen atoms in total. The van der Waals surface area contributed by atoms with E-state index in [0.717, 1.165) is 23.9 Å². The number of amides is 1. The van der Waals surface area contributed by atoms with Crippen molar-refractivity contribution in [2.45, 2.75) is 25.2 Å². The number of rotatable bonds is 5. The predicted octanol–water partition coefficient (Wildman–Crippen LogP) is 2.43. The van der Waals surface area contributed by atoms with E-state index in [1.54, 1.807) is 6.07 Å². The normalized spacial score (nSPS) is 13.4. The second-order valence-corrected chi connectivity index (χ2v) is 7.80. The number of aromatic nitrogens is 4. The number of nitrogens with one attached hydrogen (secondary N) is 2. The number of carbonyl (C=O) groups excluding carboxylic acids is 1. The molecule has 0 atom stereocenters. The number of halogens is 2. The van der Waals surface area contributed by atoms with Gasteiger partial charge in [-0.15, -0.1) is 5.10 Å². The molecule has 0 radical (unpaired) electrons. The molecule has 3 aromatic rings. The molecule has 1 fully saturated rings. The van der Waals surface area contributed by atoms with E-state index in [2.05, 4.69) is 14.8 Å². The van der Waals surface area contributed by atoms with E-state index in [1.165, 1.54) is 18.3 Å². The van der Waals surface area contributed by atoms with Crippen LogP contribution in [0.25, 0.3) is 5.69 Å². The highest BCUT2D eigenvalue weighted by Gasteiger charge is 2.23. The zero-order valence-corrected chi connectivity index (χ0v) is 17.7. The predicted molar refractivity (Wildman–Crippen MR) is 114 cm³/mol. The monoisotopic (exact) mass is 479 g/mol. The number of nitrogens with zero attached hydrogens (tertiary/aromatic N) is 2. The number of primary amides is 1. The second kappa shape index (κ2) is 8.52. The Kier molecular flexibility index (Phi) is 5.76. The summed E-state index contributed by atoms with van der Waals surface area (Å²) in [6, 6.07) is 4.26. The summed E-state index contributed by atoms with van der Waals surface area (Å²) in [6.45, 7) is 0. The summed E-state index contributed by atoms with van der Waals surface area (Å²) in [7, 11) is 0. The molecule has 0 bridgehead atoms. The van der Waals surface area contributed by atoms with Crippen LogP contribution in [0.15, 0.2) is 38.8 Å². The smallest absolute Gasteiger partial charge is 0.411 e. The van der Waals surface area contributed by atoms with Gasteiger partial charge in [0.1, 0.15) is 5.75 Å². The molecule has 1 aromatic carbocycles. The van der Waals surface area contributed by atoms with Gasteiger partial charge in [-0.3, -0.25) is 14.6 Å². The average molecular weight is 480 g/mol. The molecular weight excluding hydrogens is 465 g/mol. The summed E-state index contributed by atoms with van der Waals surface area (Å²) in [5.41, 5.74) is 3.43. The third kappa shape index (κ3) is 4.25. The number of H-pyrrole nitrogens is 2. The van der Waals surface area contributed by atoms with Gasteiger partial charge in [-0.25, -0.2) is 9.59 Å². The number of ether oxygens (including phenoxy) is 2. The number of nitrogens with two attached hydrogens (primary N) is 1. The Morgan fingerprint density at radius 1 is 1.12 bits per heavy atom. The van der Waals surface area contributed by atoms with E-state index in [9.17, 15) is 19.2 Å². The van der Waals surface area contributed by atoms with Gasteiger partial charge in [-0.2, -0.15) is 4.68 Å². The number of pyridine rings is 1. The fraction of sp³-hybridized carbons (Fsp3) is 0.211. The van der Waals surface area contributed by atoms with Crippen molar-refractivity contribution in [2.24, 2.45) is 5.73 Å². The first-order valence-corrected chi connectivity index (χ1v) is 10.1. The van der Waals surface area contributed by atoms with Crippen LogP contribution in [0.4, 0.5) is 4.79 Å². The summed E-state index contributed by atoms with van der Waals surface area (Å²) in [5, 5.41) is 3.70. The van der Waals surface area contributed by atoms with Crippen LogP contribution in [0.3, 0.4) is 0 Å². The lowest BCUT2D eigenvalue weighted by Crippen LogP contribution is -2.34. The second-order valence-electron chi connectivity index (χ2n) is 6.99. The maximum Gasteiger partial charge on any atom is 0.411 e. The molecule has 2 aromatic heterocycles. The van der Waals surface area contributed by atoms with Gasteiger partial charge in [-0.1, -0.05) is 29.6 Å². The van der Waals surface area contributed by atoms with E-state index in [0.29, 0.717) is 11.3 Å². The Morgan fingerprint density at radius 2 is 1.81 bits per heavy atom. The first kappa shape index (κ1) is 21.7. The molecule has 2 heterocycles. The molecule has 1 amide bonds. The number of hydrogen-bond acceptors (Lipinski definition) is 7. The molecule has 0 aliphatic heterocycles. The van der Waals surface area contributed by atoms with E-state index in [-0.39, 0.29) is 33.0 Å².